The Balaban J connectivity index is 1.95. The van der Waals surface area contributed by atoms with E-state index in [1.807, 2.05) is 12.1 Å². The minimum atomic E-state index is -0.486. The first-order valence-corrected chi connectivity index (χ1v) is 7.22. The molecule has 0 radical (unpaired) electrons. The third-order valence-electron chi connectivity index (χ3n) is 3.89. The topological polar surface area (TPSA) is 32.3 Å². The van der Waals surface area contributed by atoms with E-state index >= 15 is 0 Å². The van der Waals surface area contributed by atoms with Crippen molar-refractivity contribution in [2.24, 2.45) is 0 Å². The molecule has 3 heteroatoms. The molecule has 2 rings (SSSR count). The maximum atomic E-state index is 10.3. The van der Waals surface area contributed by atoms with Gasteiger partial charge >= 0.3 is 0 Å². The molecular weight excluding hydrogens is 246 g/mol. The predicted molar refractivity (Wildman–Crippen MR) is 75.9 cm³/mol. The van der Waals surface area contributed by atoms with Crippen LogP contribution in [0.5, 0.6) is 0 Å². The first-order valence-electron chi connectivity index (χ1n) is 6.84. The largest absolute Gasteiger partial charge is 0.389 e. The molecule has 100 valence electrons. The van der Waals surface area contributed by atoms with Crippen molar-refractivity contribution in [1.29, 1.82) is 0 Å². The second kappa shape index (κ2) is 6.05. The Morgan fingerprint density at radius 1 is 1.28 bits per heavy atom. The maximum Gasteiger partial charge on any atom is 0.0771 e. The van der Waals surface area contributed by atoms with Crippen molar-refractivity contribution in [1.82, 2.24) is 5.32 Å². The van der Waals surface area contributed by atoms with Crippen LogP contribution in [0.3, 0.4) is 0 Å². The number of halogens is 1. The van der Waals surface area contributed by atoms with Gasteiger partial charge in [0.15, 0.2) is 0 Å². The molecule has 0 aliphatic heterocycles. The number of rotatable bonds is 5. The van der Waals surface area contributed by atoms with Crippen molar-refractivity contribution in [3.05, 3.63) is 34.9 Å². The van der Waals surface area contributed by atoms with Crippen LogP contribution in [0.15, 0.2) is 24.3 Å². The molecule has 2 N–H and O–H groups in total. The molecule has 0 aromatic heterocycles. The summed E-state index contributed by atoms with van der Waals surface area (Å²) < 4.78 is 0. The highest BCUT2D eigenvalue weighted by Gasteiger charge is 2.31. The van der Waals surface area contributed by atoms with E-state index in [0.29, 0.717) is 12.6 Å². The first kappa shape index (κ1) is 13.9. The van der Waals surface area contributed by atoms with Crippen molar-refractivity contribution in [2.45, 2.75) is 50.7 Å². The van der Waals surface area contributed by atoms with Crippen molar-refractivity contribution >= 4 is 11.6 Å². The number of aliphatic hydroxyl groups is 1. The van der Waals surface area contributed by atoms with Crippen LogP contribution < -0.4 is 5.32 Å². The van der Waals surface area contributed by atoms with Gasteiger partial charge in [-0.1, -0.05) is 43.5 Å². The van der Waals surface area contributed by atoms with Crippen molar-refractivity contribution in [2.75, 3.05) is 6.54 Å². The monoisotopic (exact) mass is 267 g/mol. The van der Waals surface area contributed by atoms with Gasteiger partial charge in [0, 0.05) is 17.6 Å². The van der Waals surface area contributed by atoms with Crippen molar-refractivity contribution in [3.8, 4) is 0 Å². The molecule has 2 nitrogen and oxygen atoms in total. The zero-order chi connectivity index (χ0) is 13.0. The molecule has 1 saturated carbocycles. The highest BCUT2D eigenvalue weighted by molar-refractivity contribution is 6.30. The zero-order valence-corrected chi connectivity index (χ0v) is 11.7. The highest BCUT2D eigenvalue weighted by Crippen LogP contribution is 2.29. The maximum absolute atomic E-state index is 10.3. The van der Waals surface area contributed by atoms with Gasteiger partial charge in [-0.05, 0) is 37.0 Å². The molecule has 1 aliphatic carbocycles. The van der Waals surface area contributed by atoms with Crippen LogP contribution in [-0.2, 0) is 0 Å². The Morgan fingerprint density at radius 3 is 2.44 bits per heavy atom. The van der Waals surface area contributed by atoms with E-state index in [1.54, 1.807) is 0 Å². The minimum Gasteiger partial charge on any atom is -0.389 e. The van der Waals surface area contributed by atoms with E-state index in [9.17, 15) is 5.11 Å². The van der Waals surface area contributed by atoms with Crippen molar-refractivity contribution < 1.29 is 5.11 Å². The van der Waals surface area contributed by atoms with Gasteiger partial charge in [-0.25, -0.2) is 0 Å². The van der Waals surface area contributed by atoms with Gasteiger partial charge in [0.25, 0.3) is 0 Å². The normalized spacial score (nSPS) is 19.9. The molecule has 1 aliphatic rings. The van der Waals surface area contributed by atoms with Gasteiger partial charge in [0.1, 0.15) is 0 Å². The standard InChI is InChI=1S/C15H22ClNO/c1-2-14(12-5-7-13(16)8-6-12)17-11-15(18)9-3-4-10-15/h5-8,14,17-18H,2-4,9-11H2,1H3. The lowest BCUT2D eigenvalue weighted by Crippen LogP contribution is -2.39. The van der Waals surface area contributed by atoms with Crippen LogP contribution in [0.25, 0.3) is 0 Å². The molecule has 1 fully saturated rings. The quantitative estimate of drug-likeness (QED) is 0.853. The van der Waals surface area contributed by atoms with Crippen LogP contribution in [0.4, 0.5) is 0 Å². The average molecular weight is 268 g/mol. The van der Waals surface area contributed by atoms with Gasteiger partial charge in [0.2, 0.25) is 0 Å². The second-order valence-corrected chi connectivity index (χ2v) is 5.76. The summed E-state index contributed by atoms with van der Waals surface area (Å²) in [5, 5.41) is 14.6. The lowest BCUT2D eigenvalue weighted by atomic mass is 9.99. The Kier molecular flexibility index (Phi) is 4.66. The molecule has 1 unspecified atom stereocenters. The molecule has 18 heavy (non-hydrogen) atoms. The number of hydrogen-bond acceptors (Lipinski definition) is 2. The lowest BCUT2D eigenvalue weighted by molar-refractivity contribution is 0.0446. The van der Waals surface area contributed by atoms with E-state index in [-0.39, 0.29) is 0 Å². The number of benzene rings is 1. The second-order valence-electron chi connectivity index (χ2n) is 5.32. The fraction of sp³-hybridized carbons (Fsp3) is 0.600. The summed E-state index contributed by atoms with van der Waals surface area (Å²) in [4.78, 5) is 0. The van der Waals surface area contributed by atoms with Gasteiger partial charge in [-0.2, -0.15) is 0 Å². The SMILES string of the molecule is CCC(NCC1(O)CCCC1)c1ccc(Cl)cc1. The summed E-state index contributed by atoms with van der Waals surface area (Å²) in [7, 11) is 0. The molecule has 0 spiro atoms. The van der Waals surface area contributed by atoms with Crippen LogP contribution in [0.1, 0.15) is 50.6 Å². The number of hydrogen-bond donors (Lipinski definition) is 2. The smallest absolute Gasteiger partial charge is 0.0771 e. The van der Waals surface area contributed by atoms with E-state index < -0.39 is 5.60 Å². The Bertz CT molecular complexity index is 371. The van der Waals surface area contributed by atoms with Crippen LogP contribution in [0.2, 0.25) is 5.02 Å². The fourth-order valence-electron chi connectivity index (χ4n) is 2.72. The first-order chi connectivity index (χ1) is 8.63. The molecule has 0 amide bonds. The summed E-state index contributed by atoms with van der Waals surface area (Å²) in [6.07, 6.45) is 5.16. The van der Waals surface area contributed by atoms with Gasteiger partial charge in [-0.15, -0.1) is 0 Å². The minimum absolute atomic E-state index is 0.298. The third-order valence-corrected chi connectivity index (χ3v) is 4.14. The lowest BCUT2D eigenvalue weighted by Gasteiger charge is -2.26. The van der Waals surface area contributed by atoms with E-state index in [1.165, 1.54) is 5.56 Å². The Morgan fingerprint density at radius 2 is 1.89 bits per heavy atom. The van der Waals surface area contributed by atoms with Crippen LogP contribution in [0, 0.1) is 0 Å². The van der Waals surface area contributed by atoms with Gasteiger partial charge in [-0.3, -0.25) is 0 Å². The molecule has 1 atom stereocenters. The van der Waals surface area contributed by atoms with E-state index in [4.69, 9.17) is 11.6 Å². The Labute approximate surface area is 114 Å². The summed E-state index contributed by atoms with van der Waals surface area (Å²) in [6, 6.07) is 8.26. The fourth-order valence-corrected chi connectivity index (χ4v) is 2.84. The van der Waals surface area contributed by atoms with Crippen LogP contribution in [-0.4, -0.2) is 17.3 Å². The molecule has 0 heterocycles. The molecule has 1 aromatic rings. The van der Waals surface area contributed by atoms with Gasteiger partial charge in [0.05, 0.1) is 5.60 Å². The molecule has 1 aromatic carbocycles. The number of nitrogens with one attached hydrogen (secondary N) is 1. The highest BCUT2D eigenvalue weighted by atomic mass is 35.5. The summed E-state index contributed by atoms with van der Waals surface area (Å²) in [5.41, 5.74) is 0.753. The molecule has 0 bridgehead atoms. The van der Waals surface area contributed by atoms with E-state index in [2.05, 4.69) is 24.4 Å². The average Bonchev–Trinajstić information content (AvgIpc) is 2.79. The zero-order valence-electron chi connectivity index (χ0n) is 11.0. The Hall–Kier alpha value is -0.570. The van der Waals surface area contributed by atoms with E-state index in [0.717, 1.165) is 37.1 Å². The summed E-state index contributed by atoms with van der Waals surface area (Å²) >= 11 is 5.90. The summed E-state index contributed by atoms with van der Waals surface area (Å²) in [5.74, 6) is 0. The third kappa shape index (κ3) is 3.47. The summed E-state index contributed by atoms with van der Waals surface area (Å²) in [6.45, 7) is 2.85. The van der Waals surface area contributed by atoms with Crippen LogP contribution >= 0.6 is 11.6 Å². The predicted octanol–water partition coefficient (Wildman–Crippen LogP) is 3.69. The molecular formula is C15H22ClNO. The van der Waals surface area contributed by atoms with Crippen molar-refractivity contribution in [3.63, 3.8) is 0 Å². The van der Waals surface area contributed by atoms with Gasteiger partial charge < -0.3 is 10.4 Å². The molecule has 0 saturated heterocycles.